The largest absolute Gasteiger partial charge is 0.378 e. The fourth-order valence-corrected chi connectivity index (χ4v) is 2.22. The van der Waals surface area contributed by atoms with Gasteiger partial charge < -0.3 is 10.2 Å². The molecule has 6 heteroatoms. The zero-order chi connectivity index (χ0) is 15.2. The number of rotatable bonds is 7. The summed E-state index contributed by atoms with van der Waals surface area (Å²) in [5.41, 5.74) is 2.45. The van der Waals surface area contributed by atoms with Gasteiger partial charge in [0.2, 0.25) is 0 Å². The van der Waals surface area contributed by atoms with E-state index in [0.717, 1.165) is 25.2 Å². The van der Waals surface area contributed by atoms with Crippen molar-refractivity contribution in [2.75, 3.05) is 25.5 Å². The van der Waals surface area contributed by atoms with Gasteiger partial charge in [0.05, 0.1) is 7.05 Å². The minimum absolute atomic E-state index is 0.213. The number of aryl methyl sites for hydroxylation is 1. The van der Waals surface area contributed by atoms with E-state index in [0.29, 0.717) is 0 Å². The Kier molecular flexibility index (Phi) is 5.27. The lowest BCUT2D eigenvalue weighted by Gasteiger charge is -2.19. The van der Waals surface area contributed by atoms with E-state index in [1.807, 2.05) is 14.1 Å². The average molecular weight is 288 g/mol. The first-order valence-corrected chi connectivity index (χ1v) is 7.33. The van der Waals surface area contributed by atoms with Gasteiger partial charge in [-0.1, -0.05) is 19.1 Å². The molecule has 2 rings (SSSR count). The first-order valence-electron chi connectivity index (χ1n) is 7.33. The molecule has 21 heavy (non-hydrogen) atoms. The SMILES string of the molecule is CCCNC(Cc1nnn(C)n1)c1ccc(N(C)C)cc1. The molecule has 0 saturated carbocycles. The lowest BCUT2D eigenvalue weighted by Crippen LogP contribution is -2.24. The number of nitrogens with zero attached hydrogens (tertiary/aromatic N) is 5. The van der Waals surface area contributed by atoms with Crippen molar-refractivity contribution in [3.05, 3.63) is 35.7 Å². The van der Waals surface area contributed by atoms with Gasteiger partial charge in [-0.15, -0.1) is 10.2 Å². The van der Waals surface area contributed by atoms with E-state index in [1.165, 1.54) is 16.0 Å². The molecule has 1 atom stereocenters. The Morgan fingerprint density at radius 2 is 1.95 bits per heavy atom. The Hall–Kier alpha value is -1.95. The van der Waals surface area contributed by atoms with E-state index in [2.05, 4.69) is 56.8 Å². The number of aromatic nitrogens is 4. The van der Waals surface area contributed by atoms with Crippen LogP contribution in [-0.2, 0) is 13.5 Å². The van der Waals surface area contributed by atoms with Crippen LogP contribution >= 0.6 is 0 Å². The normalized spacial score (nSPS) is 12.4. The van der Waals surface area contributed by atoms with Crippen molar-refractivity contribution in [2.45, 2.75) is 25.8 Å². The maximum atomic E-state index is 4.28. The fourth-order valence-electron chi connectivity index (χ4n) is 2.22. The van der Waals surface area contributed by atoms with E-state index in [4.69, 9.17) is 0 Å². The van der Waals surface area contributed by atoms with Crippen molar-refractivity contribution >= 4 is 5.69 Å². The average Bonchev–Trinajstić information content (AvgIpc) is 2.89. The summed E-state index contributed by atoms with van der Waals surface area (Å²) in [6.45, 7) is 3.14. The quantitative estimate of drug-likeness (QED) is 0.838. The molecular weight excluding hydrogens is 264 g/mol. The van der Waals surface area contributed by atoms with Crippen molar-refractivity contribution in [2.24, 2.45) is 7.05 Å². The fraction of sp³-hybridized carbons (Fsp3) is 0.533. The van der Waals surface area contributed by atoms with E-state index in [1.54, 1.807) is 7.05 Å². The van der Waals surface area contributed by atoms with Gasteiger partial charge in [-0.3, -0.25) is 0 Å². The molecule has 1 unspecified atom stereocenters. The van der Waals surface area contributed by atoms with Crippen molar-refractivity contribution < 1.29 is 0 Å². The van der Waals surface area contributed by atoms with Gasteiger partial charge in [0.25, 0.3) is 0 Å². The topological polar surface area (TPSA) is 58.9 Å². The molecule has 1 N–H and O–H groups in total. The highest BCUT2D eigenvalue weighted by molar-refractivity contribution is 5.46. The summed E-state index contributed by atoms with van der Waals surface area (Å²) in [7, 11) is 5.88. The molecule has 6 nitrogen and oxygen atoms in total. The van der Waals surface area contributed by atoms with Crippen LogP contribution in [0.25, 0.3) is 0 Å². The van der Waals surface area contributed by atoms with Crippen molar-refractivity contribution in [3.63, 3.8) is 0 Å². The molecule has 0 radical (unpaired) electrons. The molecule has 0 aliphatic heterocycles. The second-order valence-corrected chi connectivity index (χ2v) is 5.39. The molecule has 114 valence electrons. The summed E-state index contributed by atoms with van der Waals surface area (Å²) in [5, 5.41) is 15.8. The molecule has 1 aromatic heterocycles. The Morgan fingerprint density at radius 3 is 2.48 bits per heavy atom. The Balaban J connectivity index is 2.14. The van der Waals surface area contributed by atoms with Gasteiger partial charge in [-0.25, -0.2) is 0 Å². The summed E-state index contributed by atoms with van der Waals surface area (Å²) in [6.07, 6.45) is 1.84. The maximum absolute atomic E-state index is 4.28. The minimum atomic E-state index is 0.213. The third-order valence-electron chi connectivity index (χ3n) is 3.39. The van der Waals surface area contributed by atoms with Gasteiger partial charge in [0.1, 0.15) is 0 Å². The summed E-state index contributed by atoms with van der Waals surface area (Å²) >= 11 is 0. The zero-order valence-corrected chi connectivity index (χ0v) is 13.2. The van der Waals surface area contributed by atoms with Crippen LogP contribution < -0.4 is 10.2 Å². The van der Waals surface area contributed by atoms with Gasteiger partial charge in [-0.05, 0) is 35.9 Å². The summed E-state index contributed by atoms with van der Waals surface area (Å²) in [4.78, 5) is 3.60. The highest BCUT2D eigenvalue weighted by Crippen LogP contribution is 2.20. The van der Waals surface area contributed by atoms with Gasteiger partial charge in [-0.2, -0.15) is 4.80 Å². The Morgan fingerprint density at radius 1 is 1.24 bits per heavy atom. The van der Waals surface area contributed by atoms with E-state index >= 15 is 0 Å². The number of hydrogen-bond donors (Lipinski definition) is 1. The van der Waals surface area contributed by atoms with Gasteiger partial charge in [0.15, 0.2) is 5.82 Å². The lowest BCUT2D eigenvalue weighted by molar-refractivity contribution is 0.517. The molecule has 1 heterocycles. The van der Waals surface area contributed by atoms with Crippen LogP contribution in [0.15, 0.2) is 24.3 Å². The molecule has 1 aromatic carbocycles. The molecule has 0 spiro atoms. The van der Waals surface area contributed by atoms with Crippen molar-refractivity contribution in [1.82, 2.24) is 25.5 Å². The first kappa shape index (κ1) is 15.4. The predicted octanol–water partition coefficient (Wildman–Crippen LogP) is 1.56. The number of benzene rings is 1. The predicted molar refractivity (Wildman–Crippen MR) is 84.3 cm³/mol. The van der Waals surface area contributed by atoms with Crippen LogP contribution in [0.3, 0.4) is 0 Å². The number of tetrazole rings is 1. The number of anilines is 1. The second kappa shape index (κ2) is 7.17. The highest BCUT2D eigenvalue weighted by Gasteiger charge is 2.14. The van der Waals surface area contributed by atoms with E-state index in [-0.39, 0.29) is 6.04 Å². The standard InChI is InChI=1S/C15H24N6/c1-5-10-16-14(11-15-17-19-21(4)18-15)12-6-8-13(9-7-12)20(2)3/h6-9,14,16H,5,10-11H2,1-4H3. The molecule has 0 aliphatic carbocycles. The third-order valence-corrected chi connectivity index (χ3v) is 3.39. The lowest BCUT2D eigenvalue weighted by atomic mass is 10.0. The molecular formula is C15H24N6. The number of hydrogen-bond acceptors (Lipinski definition) is 5. The molecule has 0 bridgehead atoms. The monoisotopic (exact) mass is 288 g/mol. The van der Waals surface area contributed by atoms with Crippen molar-refractivity contribution in [3.8, 4) is 0 Å². The second-order valence-electron chi connectivity index (χ2n) is 5.39. The highest BCUT2D eigenvalue weighted by atomic mass is 15.6. The summed E-state index contributed by atoms with van der Waals surface area (Å²) < 4.78 is 0. The first-order chi connectivity index (χ1) is 10.1. The van der Waals surface area contributed by atoms with Gasteiger partial charge >= 0.3 is 0 Å². The van der Waals surface area contributed by atoms with Crippen molar-refractivity contribution in [1.29, 1.82) is 0 Å². The Labute approximate surface area is 126 Å². The smallest absolute Gasteiger partial charge is 0.176 e. The summed E-state index contributed by atoms with van der Waals surface area (Å²) in [6, 6.07) is 8.82. The van der Waals surface area contributed by atoms with Crippen LogP contribution in [-0.4, -0.2) is 40.8 Å². The molecule has 2 aromatic rings. The third kappa shape index (κ3) is 4.26. The molecule has 0 aliphatic rings. The number of nitrogens with one attached hydrogen (secondary N) is 1. The van der Waals surface area contributed by atoms with Crippen LogP contribution in [0.2, 0.25) is 0 Å². The zero-order valence-electron chi connectivity index (χ0n) is 13.2. The maximum Gasteiger partial charge on any atom is 0.176 e. The summed E-state index contributed by atoms with van der Waals surface area (Å²) in [5.74, 6) is 0.766. The van der Waals surface area contributed by atoms with E-state index in [9.17, 15) is 0 Å². The van der Waals surface area contributed by atoms with Crippen LogP contribution in [0.4, 0.5) is 5.69 Å². The van der Waals surface area contributed by atoms with Gasteiger partial charge in [0, 0.05) is 32.2 Å². The molecule has 0 fully saturated rings. The van der Waals surface area contributed by atoms with Crippen LogP contribution in [0.5, 0.6) is 0 Å². The van der Waals surface area contributed by atoms with E-state index < -0.39 is 0 Å². The van der Waals surface area contributed by atoms with Crippen LogP contribution in [0.1, 0.15) is 30.8 Å². The molecule has 0 amide bonds. The Bertz CT molecular complexity index is 546. The van der Waals surface area contributed by atoms with Crippen LogP contribution in [0, 0.1) is 0 Å². The minimum Gasteiger partial charge on any atom is -0.378 e. The molecule has 0 saturated heterocycles.